The van der Waals surface area contributed by atoms with E-state index in [2.05, 4.69) is 0 Å². The van der Waals surface area contributed by atoms with Gasteiger partial charge in [0.2, 0.25) is 5.43 Å². The highest BCUT2D eigenvalue weighted by molar-refractivity contribution is 5.94. The fourth-order valence-corrected chi connectivity index (χ4v) is 4.60. The summed E-state index contributed by atoms with van der Waals surface area (Å²) in [7, 11) is 6.14. The number of rotatable bonds is 6. The van der Waals surface area contributed by atoms with Crippen molar-refractivity contribution in [1.82, 2.24) is 0 Å². The fourth-order valence-electron chi connectivity index (χ4n) is 4.60. The number of hydrogen-bond donors (Lipinski definition) is 0. The third-order valence-corrected chi connectivity index (χ3v) is 6.39. The molecule has 36 heavy (non-hydrogen) atoms. The van der Waals surface area contributed by atoms with Gasteiger partial charge in [0.05, 0.1) is 40.4 Å². The summed E-state index contributed by atoms with van der Waals surface area (Å²) >= 11 is 0. The highest BCUT2D eigenvalue weighted by Gasteiger charge is 2.34. The zero-order valence-electron chi connectivity index (χ0n) is 20.2. The van der Waals surface area contributed by atoms with Crippen molar-refractivity contribution >= 4 is 16.9 Å². The van der Waals surface area contributed by atoms with Gasteiger partial charge in [0, 0.05) is 17.5 Å². The van der Waals surface area contributed by atoms with Gasteiger partial charge < -0.3 is 28.1 Å². The summed E-state index contributed by atoms with van der Waals surface area (Å²) in [5.41, 5.74) is 2.48. The van der Waals surface area contributed by atoms with Crippen molar-refractivity contribution in [3.05, 3.63) is 76.1 Å². The predicted molar refractivity (Wildman–Crippen MR) is 133 cm³/mol. The number of esters is 1. The van der Waals surface area contributed by atoms with Crippen LogP contribution >= 0.6 is 0 Å². The molecule has 184 valence electrons. The summed E-state index contributed by atoms with van der Waals surface area (Å²) in [6.07, 6.45) is 1.49. The minimum Gasteiger partial charge on any atom is -0.497 e. The van der Waals surface area contributed by atoms with Crippen LogP contribution in [0.25, 0.3) is 22.1 Å². The molecule has 0 saturated heterocycles. The maximum atomic E-state index is 13.7. The first kappa shape index (κ1) is 23.3. The molecule has 1 aromatic heterocycles. The first-order valence-corrected chi connectivity index (χ1v) is 11.2. The van der Waals surface area contributed by atoms with E-state index < -0.39 is 11.9 Å². The molecule has 8 nitrogen and oxygen atoms in total. The van der Waals surface area contributed by atoms with E-state index in [0.717, 1.165) is 5.56 Å². The Morgan fingerprint density at radius 2 is 1.53 bits per heavy atom. The van der Waals surface area contributed by atoms with Crippen molar-refractivity contribution in [2.75, 3.05) is 28.4 Å². The van der Waals surface area contributed by atoms with E-state index in [1.807, 2.05) is 12.1 Å². The summed E-state index contributed by atoms with van der Waals surface area (Å²) in [5, 5.41) is 0.271. The Kier molecular flexibility index (Phi) is 6.01. The highest BCUT2D eigenvalue weighted by atomic mass is 16.5. The van der Waals surface area contributed by atoms with E-state index in [-0.39, 0.29) is 28.7 Å². The first-order chi connectivity index (χ1) is 17.5. The number of fused-ring (bicyclic) bond motifs is 3. The van der Waals surface area contributed by atoms with Gasteiger partial charge in [-0.1, -0.05) is 18.2 Å². The van der Waals surface area contributed by atoms with Gasteiger partial charge in [-0.25, -0.2) is 0 Å². The maximum absolute atomic E-state index is 13.7. The first-order valence-electron chi connectivity index (χ1n) is 11.2. The van der Waals surface area contributed by atoms with Crippen molar-refractivity contribution in [2.45, 2.75) is 12.3 Å². The topological polar surface area (TPSA) is 93.4 Å². The van der Waals surface area contributed by atoms with E-state index in [1.165, 1.54) is 13.4 Å². The molecule has 0 fully saturated rings. The lowest BCUT2D eigenvalue weighted by molar-refractivity contribution is -0.135. The van der Waals surface area contributed by atoms with Gasteiger partial charge in [-0.3, -0.25) is 9.59 Å². The zero-order valence-corrected chi connectivity index (χ0v) is 20.2. The molecule has 8 heteroatoms. The Morgan fingerprint density at radius 3 is 2.19 bits per heavy atom. The van der Waals surface area contributed by atoms with Crippen molar-refractivity contribution in [3.8, 4) is 39.9 Å². The van der Waals surface area contributed by atoms with E-state index >= 15 is 0 Å². The van der Waals surface area contributed by atoms with Crippen molar-refractivity contribution < 1.29 is 32.9 Å². The number of carbonyl (C=O) groups excluding carboxylic acids is 1. The molecule has 1 aliphatic rings. The molecule has 5 rings (SSSR count). The predicted octanol–water partition coefficient (Wildman–Crippen LogP) is 4.94. The van der Waals surface area contributed by atoms with Crippen LogP contribution in [0.1, 0.15) is 23.5 Å². The van der Waals surface area contributed by atoms with Crippen LogP contribution in [0.4, 0.5) is 0 Å². The molecule has 0 spiro atoms. The monoisotopic (exact) mass is 488 g/mol. The Labute approximate surface area is 206 Å². The minimum atomic E-state index is -0.440. The zero-order chi connectivity index (χ0) is 25.4. The normalized spacial score (nSPS) is 14.7. The average molecular weight is 488 g/mol. The highest BCUT2D eigenvalue weighted by Crippen LogP contribution is 2.47. The van der Waals surface area contributed by atoms with Gasteiger partial charge >= 0.3 is 5.97 Å². The smallest absolute Gasteiger partial charge is 0.312 e. The molecular formula is C28H24O8. The Hall–Kier alpha value is -4.46. The van der Waals surface area contributed by atoms with Gasteiger partial charge in [0.15, 0.2) is 11.5 Å². The lowest BCUT2D eigenvalue weighted by Gasteiger charge is -2.26. The van der Waals surface area contributed by atoms with Crippen molar-refractivity contribution in [2.24, 2.45) is 0 Å². The Balaban J connectivity index is 1.75. The van der Waals surface area contributed by atoms with Crippen LogP contribution in [0.2, 0.25) is 0 Å². The molecule has 1 aliphatic heterocycles. The fraction of sp³-hybridized carbons (Fsp3) is 0.214. The molecule has 0 N–H and O–H groups in total. The van der Waals surface area contributed by atoms with E-state index in [4.69, 9.17) is 28.1 Å². The summed E-state index contributed by atoms with van der Waals surface area (Å²) in [6, 6.07) is 14.1. The SMILES string of the molecule is COc1ccc(-c2coc3c4c(cc(OC)c3c2=O)OC(=O)C[C@H]4c2ccc(OC)c(OC)c2)cc1. The van der Waals surface area contributed by atoms with Gasteiger partial charge in [0.25, 0.3) is 0 Å². The third kappa shape index (κ3) is 3.80. The lowest BCUT2D eigenvalue weighted by Crippen LogP contribution is -2.22. The molecule has 1 atom stereocenters. The molecule has 4 aromatic rings. The van der Waals surface area contributed by atoms with Crippen LogP contribution in [-0.2, 0) is 4.79 Å². The quantitative estimate of drug-likeness (QED) is 0.278. The van der Waals surface area contributed by atoms with E-state index in [9.17, 15) is 9.59 Å². The van der Waals surface area contributed by atoms with Crippen LogP contribution in [-0.4, -0.2) is 34.4 Å². The van der Waals surface area contributed by atoms with E-state index in [0.29, 0.717) is 39.5 Å². The van der Waals surface area contributed by atoms with Crippen LogP contribution in [0, 0.1) is 0 Å². The minimum absolute atomic E-state index is 0.0633. The lowest BCUT2D eigenvalue weighted by atomic mass is 9.84. The largest absolute Gasteiger partial charge is 0.497 e. The van der Waals surface area contributed by atoms with Crippen molar-refractivity contribution in [1.29, 1.82) is 0 Å². The standard InChI is InChI=1S/C28H24O8/c1-31-17-8-5-15(6-9-17)19-14-35-28-25-18(16-7-10-20(32-2)21(11-16)33-3)12-24(29)36-23(25)13-22(34-4)26(28)27(19)30/h5-11,13-14,18H,12H2,1-4H3/t18-/m0/s1. The molecule has 2 heterocycles. The van der Waals surface area contributed by atoms with E-state index in [1.54, 1.807) is 57.7 Å². The Morgan fingerprint density at radius 1 is 0.806 bits per heavy atom. The molecule has 0 radical (unpaired) electrons. The second kappa shape index (κ2) is 9.30. The molecule has 3 aromatic carbocycles. The number of methoxy groups -OCH3 is 4. The average Bonchev–Trinajstić information content (AvgIpc) is 2.91. The summed E-state index contributed by atoms with van der Waals surface area (Å²) in [5.74, 6) is 1.47. The number of benzene rings is 3. The molecule has 0 bridgehead atoms. The second-order valence-electron chi connectivity index (χ2n) is 8.25. The van der Waals surface area contributed by atoms with Crippen LogP contribution < -0.4 is 29.1 Å². The molecule has 0 amide bonds. The maximum Gasteiger partial charge on any atom is 0.312 e. The van der Waals surface area contributed by atoms with Crippen LogP contribution in [0.5, 0.6) is 28.7 Å². The molecule has 0 saturated carbocycles. The summed E-state index contributed by atoms with van der Waals surface area (Å²) in [4.78, 5) is 26.3. The van der Waals surface area contributed by atoms with Crippen LogP contribution in [0.15, 0.2) is 64.0 Å². The second-order valence-corrected chi connectivity index (χ2v) is 8.25. The Bertz CT molecular complexity index is 1520. The number of ether oxygens (including phenoxy) is 5. The summed E-state index contributed by atoms with van der Waals surface area (Å²) < 4.78 is 33.2. The van der Waals surface area contributed by atoms with Crippen molar-refractivity contribution in [3.63, 3.8) is 0 Å². The molecule has 0 aliphatic carbocycles. The molecule has 0 unspecified atom stereocenters. The third-order valence-electron chi connectivity index (χ3n) is 6.39. The van der Waals surface area contributed by atoms with Gasteiger partial charge in [0.1, 0.15) is 34.5 Å². The number of hydrogen-bond acceptors (Lipinski definition) is 8. The number of carbonyl (C=O) groups is 1. The summed E-state index contributed by atoms with van der Waals surface area (Å²) in [6.45, 7) is 0. The molecular weight excluding hydrogens is 464 g/mol. The van der Waals surface area contributed by atoms with Gasteiger partial charge in [-0.15, -0.1) is 0 Å². The van der Waals surface area contributed by atoms with Crippen LogP contribution in [0.3, 0.4) is 0 Å². The van der Waals surface area contributed by atoms with Gasteiger partial charge in [-0.2, -0.15) is 0 Å². The van der Waals surface area contributed by atoms with Gasteiger partial charge in [-0.05, 0) is 35.4 Å².